The van der Waals surface area contributed by atoms with Crippen LogP contribution in [0.25, 0.3) is 0 Å². The van der Waals surface area contributed by atoms with Crippen LogP contribution in [0, 0.1) is 5.41 Å². The largest absolute Gasteiger partial charge is 0.375 e. The molecule has 1 saturated heterocycles. The third kappa shape index (κ3) is 3.74. The Morgan fingerprint density at radius 3 is 2.38 bits per heavy atom. The topological polar surface area (TPSA) is 21.3 Å². The molecule has 2 heteroatoms. The van der Waals surface area contributed by atoms with E-state index in [2.05, 4.69) is 19.2 Å². The Morgan fingerprint density at radius 1 is 0.938 bits per heavy atom. The van der Waals surface area contributed by atoms with E-state index in [-0.39, 0.29) is 0 Å². The second-order valence-corrected chi connectivity index (χ2v) is 6.30. The first-order chi connectivity index (χ1) is 7.66. The average molecular weight is 225 g/mol. The van der Waals surface area contributed by atoms with E-state index in [1.165, 1.54) is 51.5 Å². The van der Waals surface area contributed by atoms with Crippen LogP contribution in [0.1, 0.15) is 58.8 Å². The molecule has 2 rings (SSSR count). The summed E-state index contributed by atoms with van der Waals surface area (Å²) in [6.45, 7) is 7.10. The van der Waals surface area contributed by atoms with Crippen molar-refractivity contribution in [1.82, 2.24) is 5.32 Å². The fraction of sp³-hybridized carbons (Fsp3) is 1.00. The van der Waals surface area contributed by atoms with Gasteiger partial charge in [-0.15, -0.1) is 0 Å². The van der Waals surface area contributed by atoms with Gasteiger partial charge in [-0.05, 0) is 63.5 Å². The quantitative estimate of drug-likeness (QED) is 0.779. The molecule has 0 amide bonds. The van der Waals surface area contributed by atoms with E-state index in [9.17, 15) is 0 Å². The Balaban J connectivity index is 1.73. The lowest BCUT2D eigenvalue weighted by atomic mass is 9.76. The van der Waals surface area contributed by atoms with Crippen LogP contribution in [0.5, 0.6) is 0 Å². The zero-order valence-corrected chi connectivity index (χ0v) is 10.9. The monoisotopic (exact) mass is 225 g/mol. The van der Waals surface area contributed by atoms with Crippen molar-refractivity contribution in [3.63, 3.8) is 0 Å². The van der Waals surface area contributed by atoms with E-state index in [0.717, 1.165) is 6.54 Å². The molecule has 2 aliphatic rings. The summed E-state index contributed by atoms with van der Waals surface area (Å²) < 4.78 is 6.27. The van der Waals surface area contributed by atoms with Crippen molar-refractivity contribution in [1.29, 1.82) is 0 Å². The number of hydrogen-bond acceptors (Lipinski definition) is 2. The van der Waals surface area contributed by atoms with Crippen LogP contribution in [0.3, 0.4) is 0 Å². The molecule has 1 atom stereocenters. The van der Waals surface area contributed by atoms with Crippen molar-refractivity contribution in [2.75, 3.05) is 13.1 Å². The van der Waals surface area contributed by atoms with Gasteiger partial charge in [-0.3, -0.25) is 0 Å². The van der Waals surface area contributed by atoms with Crippen molar-refractivity contribution < 1.29 is 4.74 Å². The van der Waals surface area contributed by atoms with Gasteiger partial charge >= 0.3 is 0 Å². The molecule has 2 nitrogen and oxygen atoms in total. The summed E-state index contributed by atoms with van der Waals surface area (Å²) in [6.07, 6.45) is 10.0. The van der Waals surface area contributed by atoms with E-state index in [0.29, 0.717) is 17.6 Å². The molecule has 0 aromatic heterocycles. The zero-order valence-electron chi connectivity index (χ0n) is 10.9. The third-order valence-corrected chi connectivity index (χ3v) is 4.19. The average Bonchev–Trinajstić information content (AvgIpc) is 2.50. The summed E-state index contributed by atoms with van der Waals surface area (Å²) in [6, 6.07) is 0. The Labute approximate surface area is 100 Å². The highest BCUT2D eigenvalue weighted by Crippen LogP contribution is 2.36. The summed E-state index contributed by atoms with van der Waals surface area (Å²) in [5, 5.41) is 3.45. The number of nitrogens with one attached hydrogen (secondary N) is 1. The van der Waals surface area contributed by atoms with Crippen LogP contribution in [0.2, 0.25) is 0 Å². The fourth-order valence-electron chi connectivity index (χ4n) is 2.90. The van der Waals surface area contributed by atoms with Crippen molar-refractivity contribution in [2.24, 2.45) is 5.41 Å². The minimum Gasteiger partial charge on any atom is -0.375 e. The van der Waals surface area contributed by atoms with Crippen molar-refractivity contribution in [3.05, 3.63) is 0 Å². The molecule has 1 aliphatic heterocycles. The van der Waals surface area contributed by atoms with E-state index < -0.39 is 0 Å². The Morgan fingerprint density at radius 2 is 1.62 bits per heavy atom. The SMILES string of the molecule is CC1(C)CCC(OC2CCCNCC2)CC1. The van der Waals surface area contributed by atoms with Gasteiger partial charge < -0.3 is 10.1 Å². The van der Waals surface area contributed by atoms with Gasteiger partial charge in [0.25, 0.3) is 0 Å². The van der Waals surface area contributed by atoms with Crippen LogP contribution in [-0.2, 0) is 4.74 Å². The van der Waals surface area contributed by atoms with Gasteiger partial charge in [-0.1, -0.05) is 13.8 Å². The van der Waals surface area contributed by atoms with Gasteiger partial charge in [0.15, 0.2) is 0 Å². The normalized spacial score (nSPS) is 32.2. The van der Waals surface area contributed by atoms with Crippen LogP contribution in [-0.4, -0.2) is 25.3 Å². The first-order valence-electron chi connectivity index (χ1n) is 7.02. The summed E-state index contributed by atoms with van der Waals surface area (Å²) in [4.78, 5) is 0. The number of hydrogen-bond donors (Lipinski definition) is 1. The van der Waals surface area contributed by atoms with Crippen molar-refractivity contribution in [3.8, 4) is 0 Å². The molecular weight excluding hydrogens is 198 g/mol. The maximum Gasteiger partial charge on any atom is 0.0591 e. The molecule has 0 bridgehead atoms. The summed E-state index contributed by atoms with van der Waals surface area (Å²) in [5.41, 5.74) is 0.560. The molecule has 1 saturated carbocycles. The van der Waals surface area contributed by atoms with Gasteiger partial charge in [0.2, 0.25) is 0 Å². The first-order valence-corrected chi connectivity index (χ1v) is 7.02. The second-order valence-electron chi connectivity index (χ2n) is 6.30. The Bertz CT molecular complexity index is 197. The fourth-order valence-corrected chi connectivity index (χ4v) is 2.90. The van der Waals surface area contributed by atoms with Crippen LogP contribution >= 0.6 is 0 Å². The maximum atomic E-state index is 6.27. The van der Waals surface area contributed by atoms with Crippen LogP contribution in [0.15, 0.2) is 0 Å². The first kappa shape index (κ1) is 12.4. The molecule has 16 heavy (non-hydrogen) atoms. The lowest BCUT2D eigenvalue weighted by Crippen LogP contribution is -2.30. The predicted octanol–water partition coefficient (Wildman–Crippen LogP) is 3.11. The maximum absolute atomic E-state index is 6.27. The zero-order chi connectivity index (χ0) is 11.4. The molecular formula is C14H27NO. The van der Waals surface area contributed by atoms with Crippen LogP contribution in [0.4, 0.5) is 0 Å². The van der Waals surface area contributed by atoms with Gasteiger partial charge in [0.05, 0.1) is 12.2 Å². The Hall–Kier alpha value is -0.0800. The lowest BCUT2D eigenvalue weighted by Gasteiger charge is -2.35. The smallest absolute Gasteiger partial charge is 0.0591 e. The summed E-state index contributed by atoms with van der Waals surface area (Å²) >= 11 is 0. The second kappa shape index (κ2) is 5.50. The molecule has 1 heterocycles. The van der Waals surface area contributed by atoms with Gasteiger partial charge in [0.1, 0.15) is 0 Å². The standard InChI is InChI=1S/C14H27NO/c1-14(2)8-5-13(6-9-14)16-12-4-3-10-15-11-7-12/h12-13,15H,3-11H2,1-2H3. The molecule has 94 valence electrons. The summed E-state index contributed by atoms with van der Waals surface area (Å²) in [5.74, 6) is 0. The molecule has 0 radical (unpaired) electrons. The summed E-state index contributed by atoms with van der Waals surface area (Å²) in [7, 11) is 0. The van der Waals surface area contributed by atoms with E-state index >= 15 is 0 Å². The molecule has 1 unspecified atom stereocenters. The van der Waals surface area contributed by atoms with Crippen LogP contribution < -0.4 is 5.32 Å². The van der Waals surface area contributed by atoms with E-state index in [1.54, 1.807) is 0 Å². The molecule has 0 aromatic rings. The Kier molecular flexibility index (Phi) is 4.26. The number of rotatable bonds is 2. The highest BCUT2D eigenvalue weighted by atomic mass is 16.5. The van der Waals surface area contributed by atoms with Gasteiger partial charge in [0, 0.05) is 0 Å². The van der Waals surface area contributed by atoms with E-state index in [4.69, 9.17) is 4.74 Å². The van der Waals surface area contributed by atoms with Crippen molar-refractivity contribution >= 4 is 0 Å². The highest BCUT2D eigenvalue weighted by Gasteiger charge is 2.28. The highest BCUT2D eigenvalue weighted by molar-refractivity contribution is 4.80. The van der Waals surface area contributed by atoms with Crippen molar-refractivity contribution in [2.45, 2.75) is 71.0 Å². The van der Waals surface area contributed by atoms with Gasteiger partial charge in [-0.2, -0.15) is 0 Å². The predicted molar refractivity (Wildman–Crippen MR) is 67.6 cm³/mol. The molecule has 1 N–H and O–H groups in total. The minimum absolute atomic E-state index is 0.529. The van der Waals surface area contributed by atoms with Gasteiger partial charge in [-0.25, -0.2) is 0 Å². The molecule has 0 aromatic carbocycles. The molecule has 0 spiro atoms. The third-order valence-electron chi connectivity index (χ3n) is 4.19. The minimum atomic E-state index is 0.529. The molecule has 1 aliphatic carbocycles. The molecule has 2 fully saturated rings. The number of ether oxygens (including phenoxy) is 1. The van der Waals surface area contributed by atoms with E-state index in [1.807, 2.05) is 0 Å². The lowest BCUT2D eigenvalue weighted by molar-refractivity contribution is -0.0492.